The first kappa shape index (κ1) is 17.0. The molecule has 1 aromatic carbocycles. The van der Waals surface area contributed by atoms with Crippen molar-refractivity contribution in [3.8, 4) is 0 Å². The molecule has 2 N–H and O–H groups in total. The van der Waals surface area contributed by atoms with Crippen molar-refractivity contribution in [2.45, 2.75) is 39.0 Å². The Morgan fingerprint density at radius 2 is 1.65 bits per heavy atom. The van der Waals surface area contributed by atoms with Crippen LogP contribution in [0.3, 0.4) is 0 Å². The predicted octanol–water partition coefficient (Wildman–Crippen LogP) is 2.47. The van der Waals surface area contributed by atoms with Crippen LogP contribution in [0.25, 0.3) is 0 Å². The van der Waals surface area contributed by atoms with Crippen LogP contribution in [0, 0.1) is 13.8 Å². The number of nitrogens with two attached hydrogens (primary N) is 1. The zero-order valence-corrected chi connectivity index (χ0v) is 13.6. The number of methoxy groups -OCH3 is 2. The molecule has 0 saturated heterocycles. The molecule has 20 heavy (non-hydrogen) atoms. The monoisotopic (exact) mass is 280 g/mol. The van der Waals surface area contributed by atoms with Crippen molar-refractivity contribution < 1.29 is 9.47 Å². The van der Waals surface area contributed by atoms with Gasteiger partial charge in [0.1, 0.15) is 0 Å². The Bertz CT molecular complexity index is 412. The highest BCUT2D eigenvalue weighted by Gasteiger charge is 2.31. The van der Waals surface area contributed by atoms with Crippen molar-refractivity contribution in [2.75, 3.05) is 32.7 Å². The van der Waals surface area contributed by atoms with Gasteiger partial charge in [-0.3, -0.25) is 0 Å². The average molecular weight is 280 g/mol. The number of ether oxygens (including phenoxy) is 2. The van der Waals surface area contributed by atoms with Crippen LogP contribution < -0.4 is 10.6 Å². The Morgan fingerprint density at radius 1 is 1.15 bits per heavy atom. The van der Waals surface area contributed by atoms with Crippen molar-refractivity contribution in [1.82, 2.24) is 0 Å². The second-order valence-electron chi connectivity index (χ2n) is 5.71. The summed E-state index contributed by atoms with van der Waals surface area (Å²) in [4.78, 5) is 2.22. The van der Waals surface area contributed by atoms with Crippen LogP contribution >= 0.6 is 0 Å². The zero-order chi connectivity index (χ0) is 15.3. The lowest BCUT2D eigenvalue weighted by Crippen LogP contribution is -2.52. The van der Waals surface area contributed by atoms with Gasteiger partial charge in [0, 0.05) is 39.9 Å². The second kappa shape index (κ2) is 7.07. The molecule has 0 saturated carbocycles. The van der Waals surface area contributed by atoms with Gasteiger partial charge in [-0.05, 0) is 44.0 Å². The molecule has 0 fully saturated rings. The summed E-state index contributed by atoms with van der Waals surface area (Å²) in [6.45, 7) is 6.88. The summed E-state index contributed by atoms with van der Waals surface area (Å²) in [7, 11) is 5.38. The fraction of sp³-hybridized carbons (Fsp3) is 0.625. The molecule has 4 heteroatoms. The fourth-order valence-electron chi connectivity index (χ4n) is 2.44. The van der Waals surface area contributed by atoms with Gasteiger partial charge in [-0.15, -0.1) is 0 Å². The molecule has 0 bridgehead atoms. The van der Waals surface area contributed by atoms with Gasteiger partial charge in [-0.2, -0.15) is 0 Å². The maximum absolute atomic E-state index is 6.03. The first-order valence-corrected chi connectivity index (χ1v) is 6.94. The van der Waals surface area contributed by atoms with Crippen molar-refractivity contribution in [1.29, 1.82) is 0 Å². The van der Waals surface area contributed by atoms with E-state index in [9.17, 15) is 0 Å². The first-order valence-electron chi connectivity index (χ1n) is 6.94. The van der Waals surface area contributed by atoms with E-state index in [1.165, 1.54) is 16.8 Å². The van der Waals surface area contributed by atoms with E-state index in [1.807, 2.05) is 0 Å². The minimum atomic E-state index is -0.253. The summed E-state index contributed by atoms with van der Waals surface area (Å²) in [6, 6.07) is 6.52. The van der Waals surface area contributed by atoms with Gasteiger partial charge in [0.2, 0.25) is 0 Å². The highest BCUT2D eigenvalue weighted by molar-refractivity contribution is 5.52. The van der Waals surface area contributed by atoms with Gasteiger partial charge in [0.15, 0.2) is 6.29 Å². The van der Waals surface area contributed by atoms with Crippen molar-refractivity contribution in [2.24, 2.45) is 5.73 Å². The van der Waals surface area contributed by atoms with Crippen molar-refractivity contribution in [3.63, 3.8) is 0 Å². The van der Waals surface area contributed by atoms with Crippen LogP contribution in [0.4, 0.5) is 5.69 Å². The molecule has 1 aromatic rings. The highest BCUT2D eigenvalue weighted by atomic mass is 16.7. The predicted molar refractivity (Wildman–Crippen MR) is 84.2 cm³/mol. The molecule has 0 amide bonds. The van der Waals surface area contributed by atoms with E-state index in [0.29, 0.717) is 13.0 Å². The Hall–Kier alpha value is -1.10. The van der Waals surface area contributed by atoms with Gasteiger partial charge < -0.3 is 20.1 Å². The van der Waals surface area contributed by atoms with Crippen LogP contribution in [0.2, 0.25) is 0 Å². The van der Waals surface area contributed by atoms with Crippen molar-refractivity contribution >= 4 is 5.69 Å². The molecule has 0 aromatic heterocycles. The van der Waals surface area contributed by atoms with E-state index in [2.05, 4.69) is 50.9 Å². The quantitative estimate of drug-likeness (QED) is 0.779. The van der Waals surface area contributed by atoms with Crippen LogP contribution in [0.5, 0.6) is 0 Å². The highest BCUT2D eigenvalue weighted by Crippen LogP contribution is 2.28. The van der Waals surface area contributed by atoms with Gasteiger partial charge >= 0.3 is 0 Å². The Balaban J connectivity index is 3.02. The van der Waals surface area contributed by atoms with Crippen LogP contribution in [0.1, 0.15) is 24.5 Å². The van der Waals surface area contributed by atoms with E-state index in [-0.39, 0.29) is 11.8 Å². The fourth-order valence-corrected chi connectivity index (χ4v) is 2.44. The molecular weight excluding hydrogens is 252 g/mol. The number of benzene rings is 1. The third kappa shape index (κ3) is 3.95. The minimum Gasteiger partial charge on any atom is -0.368 e. The van der Waals surface area contributed by atoms with Crippen molar-refractivity contribution in [3.05, 3.63) is 29.3 Å². The Morgan fingerprint density at radius 3 is 2.05 bits per heavy atom. The summed E-state index contributed by atoms with van der Waals surface area (Å²) < 4.78 is 10.7. The molecule has 4 nitrogen and oxygen atoms in total. The minimum absolute atomic E-state index is 0.225. The average Bonchev–Trinajstić information content (AvgIpc) is 2.42. The zero-order valence-electron chi connectivity index (χ0n) is 13.6. The number of rotatable bonds is 7. The molecule has 1 rings (SSSR count). The van der Waals surface area contributed by atoms with Gasteiger partial charge in [-0.25, -0.2) is 0 Å². The lowest BCUT2D eigenvalue weighted by molar-refractivity contribution is -0.115. The number of aryl methyl sites for hydroxylation is 2. The van der Waals surface area contributed by atoms with Gasteiger partial charge in [0.25, 0.3) is 0 Å². The first-order chi connectivity index (χ1) is 9.36. The molecule has 0 aliphatic carbocycles. The van der Waals surface area contributed by atoms with E-state index >= 15 is 0 Å². The van der Waals surface area contributed by atoms with E-state index in [0.717, 1.165) is 0 Å². The normalized spacial score (nSPS) is 14.4. The standard InChI is InChI=1S/C16H28N2O2/c1-12-7-13(2)9-14(8-12)18(4)16(3,11-17)10-15(19-5)20-6/h7-9,15H,10-11,17H2,1-6H3. The van der Waals surface area contributed by atoms with Crippen LogP contribution in [-0.2, 0) is 9.47 Å². The molecule has 0 radical (unpaired) electrons. The summed E-state index contributed by atoms with van der Waals surface area (Å²) in [5.41, 5.74) is 9.47. The number of anilines is 1. The van der Waals surface area contributed by atoms with E-state index < -0.39 is 0 Å². The summed E-state index contributed by atoms with van der Waals surface area (Å²) >= 11 is 0. The van der Waals surface area contributed by atoms with E-state index in [4.69, 9.17) is 15.2 Å². The van der Waals surface area contributed by atoms with Gasteiger partial charge in [0.05, 0.1) is 5.54 Å². The molecule has 0 heterocycles. The van der Waals surface area contributed by atoms with Gasteiger partial charge in [-0.1, -0.05) is 6.07 Å². The number of hydrogen-bond donors (Lipinski definition) is 1. The lowest BCUT2D eigenvalue weighted by atomic mass is 9.94. The summed E-state index contributed by atoms with van der Waals surface area (Å²) in [5.74, 6) is 0. The third-order valence-corrected chi connectivity index (χ3v) is 3.98. The third-order valence-electron chi connectivity index (χ3n) is 3.98. The largest absolute Gasteiger partial charge is 0.368 e. The van der Waals surface area contributed by atoms with Crippen LogP contribution in [0.15, 0.2) is 18.2 Å². The van der Waals surface area contributed by atoms with E-state index in [1.54, 1.807) is 14.2 Å². The SMILES string of the molecule is COC(CC(C)(CN)N(C)c1cc(C)cc(C)c1)OC. The molecule has 0 aliphatic heterocycles. The number of hydrogen-bond acceptors (Lipinski definition) is 4. The molecule has 114 valence electrons. The number of nitrogens with zero attached hydrogens (tertiary/aromatic N) is 1. The Labute approximate surface area is 122 Å². The Kier molecular flexibility index (Phi) is 5.99. The summed E-state index contributed by atoms with van der Waals surface area (Å²) in [6.07, 6.45) is 0.455. The lowest BCUT2D eigenvalue weighted by Gasteiger charge is -2.41. The second-order valence-corrected chi connectivity index (χ2v) is 5.71. The smallest absolute Gasteiger partial charge is 0.159 e. The molecular formula is C16H28N2O2. The maximum Gasteiger partial charge on any atom is 0.159 e. The molecule has 1 unspecified atom stereocenters. The summed E-state index contributed by atoms with van der Waals surface area (Å²) in [5, 5.41) is 0. The molecule has 0 aliphatic rings. The topological polar surface area (TPSA) is 47.7 Å². The molecule has 1 atom stereocenters. The number of likely N-dealkylation sites (N-methyl/N-ethyl adjacent to an activating group) is 1. The molecule has 0 spiro atoms. The van der Waals surface area contributed by atoms with Crippen LogP contribution in [-0.4, -0.2) is 39.6 Å². The maximum atomic E-state index is 6.03.